The summed E-state index contributed by atoms with van der Waals surface area (Å²) in [4.78, 5) is 11.2. The van der Waals surface area contributed by atoms with Gasteiger partial charge in [-0.15, -0.1) is 0 Å². The van der Waals surface area contributed by atoms with E-state index in [-0.39, 0.29) is 22.9 Å². The summed E-state index contributed by atoms with van der Waals surface area (Å²) >= 11 is 3.20. The van der Waals surface area contributed by atoms with Crippen molar-refractivity contribution in [3.63, 3.8) is 0 Å². The average Bonchev–Trinajstić information content (AvgIpc) is 2.28. The normalized spacial score (nSPS) is 12.2. The van der Waals surface area contributed by atoms with Crippen LogP contribution in [0.25, 0.3) is 0 Å². The Morgan fingerprint density at radius 3 is 2.81 bits per heavy atom. The molecular weight excluding hydrogens is 277 g/mol. The van der Waals surface area contributed by atoms with Crippen molar-refractivity contribution in [3.8, 4) is 0 Å². The lowest BCUT2D eigenvalue weighted by atomic mass is 10.2. The number of halogens is 2. The summed E-state index contributed by atoms with van der Waals surface area (Å²) in [6, 6.07) is 4.20. The van der Waals surface area contributed by atoms with Crippen LogP contribution >= 0.6 is 15.9 Å². The molecule has 16 heavy (non-hydrogen) atoms. The smallest absolute Gasteiger partial charge is 0.238 e. The maximum atomic E-state index is 13.3. The molecular formula is C11H13BrFNO2. The molecule has 1 aromatic carbocycles. The van der Waals surface area contributed by atoms with Crippen molar-refractivity contribution in [2.24, 2.45) is 0 Å². The van der Waals surface area contributed by atoms with Gasteiger partial charge in [0.05, 0.1) is 11.4 Å². The van der Waals surface area contributed by atoms with Gasteiger partial charge in [0.1, 0.15) is 5.82 Å². The van der Waals surface area contributed by atoms with Gasteiger partial charge in [0.2, 0.25) is 5.91 Å². The number of carbonyl (C=O) groups is 1. The first kappa shape index (κ1) is 13.1. The Hall–Kier alpha value is -0.940. The van der Waals surface area contributed by atoms with Crippen LogP contribution < -0.4 is 5.32 Å². The SMILES string of the molecule is CC[C@@H](Br)C(=O)Nc1ccc(CO)c(F)c1. The third-order valence-corrected chi connectivity index (χ3v) is 3.20. The van der Waals surface area contributed by atoms with E-state index in [2.05, 4.69) is 21.2 Å². The minimum Gasteiger partial charge on any atom is -0.392 e. The first-order valence-electron chi connectivity index (χ1n) is 4.92. The Morgan fingerprint density at radius 1 is 1.62 bits per heavy atom. The zero-order valence-electron chi connectivity index (χ0n) is 8.84. The van der Waals surface area contributed by atoms with Gasteiger partial charge in [0.15, 0.2) is 0 Å². The van der Waals surface area contributed by atoms with E-state index in [9.17, 15) is 9.18 Å². The monoisotopic (exact) mass is 289 g/mol. The molecule has 1 atom stereocenters. The average molecular weight is 290 g/mol. The second-order valence-corrected chi connectivity index (χ2v) is 4.43. The Balaban J connectivity index is 2.75. The molecule has 0 radical (unpaired) electrons. The van der Waals surface area contributed by atoms with Crippen LogP contribution in [0.15, 0.2) is 18.2 Å². The molecule has 0 saturated heterocycles. The Labute approximate surface area is 102 Å². The van der Waals surface area contributed by atoms with Gasteiger partial charge in [-0.25, -0.2) is 4.39 Å². The molecule has 1 rings (SSSR count). The second kappa shape index (κ2) is 5.96. The molecule has 0 unspecified atom stereocenters. The van der Waals surface area contributed by atoms with E-state index in [1.807, 2.05) is 6.92 Å². The van der Waals surface area contributed by atoms with E-state index in [1.165, 1.54) is 12.1 Å². The fraction of sp³-hybridized carbons (Fsp3) is 0.364. The predicted octanol–water partition coefficient (Wildman–Crippen LogP) is 2.43. The molecule has 0 aliphatic heterocycles. The van der Waals surface area contributed by atoms with Crippen LogP contribution in [0.1, 0.15) is 18.9 Å². The molecule has 0 fully saturated rings. The van der Waals surface area contributed by atoms with Gasteiger partial charge in [0, 0.05) is 11.3 Å². The van der Waals surface area contributed by atoms with E-state index in [0.29, 0.717) is 12.1 Å². The van der Waals surface area contributed by atoms with Gasteiger partial charge in [-0.3, -0.25) is 4.79 Å². The number of anilines is 1. The Bertz CT molecular complexity index is 384. The Kier molecular flexibility index (Phi) is 4.89. The van der Waals surface area contributed by atoms with E-state index in [4.69, 9.17) is 5.11 Å². The molecule has 0 bridgehead atoms. The third-order valence-electron chi connectivity index (χ3n) is 2.13. The van der Waals surface area contributed by atoms with Crippen LogP contribution in [0.3, 0.4) is 0 Å². The molecule has 1 amide bonds. The third kappa shape index (κ3) is 3.28. The van der Waals surface area contributed by atoms with Gasteiger partial charge >= 0.3 is 0 Å². The lowest BCUT2D eigenvalue weighted by Crippen LogP contribution is -2.22. The van der Waals surface area contributed by atoms with Gasteiger partial charge < -0.3 is 10.4 Å². The van der Waals surface area contributed by atoms with Crippen LogP contribution in [0, 0.1) is 5.82 Å². The Morgan fingerprint density at radius 2 is 2.31 bits per heavy atom. The highest BCUT2D eigenvalue weighted by atomic mass is 79.9. The van der Waals surface area contributed by atoms with Crippen LogP contribution in [0.5, 0.6) is 0 Å². The number of amides is 1. The number of aliphatic hydroxyl groups excluding tert-OH is 1. The number of hydrogen-bond acceptors (Lipinski definition) is 2. The van der Waals surface area contributed by atoms with Crippen molar-refractivity contribution in [1.29, 1.82) is 0 Å². The van der Waals surface area contributed by atoms with E-state index < -0.39 is 5.82 Å². The van der Waals surface area contributed by atoms with E-state index >= 15 is 0 Å². The van der Waals surface area contributed by atoms with Crippen LogP contribution in [0.4, 0.5) is 10.1 Å². The maximum Gasteiger partial charge on any atom is 0.238 e. The first-order valence-corrected chi connectivity index (χ1v) is 5.84. The molecule has 0 saturated carbocycles. The maximum absolute atomic E-state index is 13.3. The van der Waals surface area contributed by atoms with Gasteiger partial charge in [-0.1, -0.05) is 28.9 Å². The summed E-state index contributed by atoms with van der Waals surface area (Å²) in [5.41, 5.74) is 0.599. The standard InChI is InChI=1S/C11H13BrFNO2/c1-2-9(12)11(16)14-8-4-3-7(6-15)10(13)5-8/h3-5,9,15H,2,6H2,1H3,(H,14,16)/t9-/m1/s1. The van der Waals surface area contributed by atoms with Gasteiger partial charge in [-0.05, 0) is 18.6 Å². The minimum atomic E-state index is -0.525. The summed E-state index contributed by atoms with van der Waals surface area (Å²) in [6.07, 6.45) is 0.656. The minimum absolute atomic E-state index is 0.210. The first-order chi connectivity index (χ1) is 7.58. The highest BCUT2D eigenvalue weighted by Crippen LogP contribution is 2.16. The molecule has 0 heterocycles. The molecule has 0 aromatic heterocycles. The summed E-state index contributed by atoms with van der Waals surface area (Å²) in [7, 11) is 0. The van der Waals surface area contributed by atoms with Crippen molar-refractivity contribution in [2.45, 2.75) is 24.8 Å². The van der Waals surface area contributed by atoms with Crippen molar-refractivity contribution in [1.82, 2.24) is 0 Å². The summed E-state index contributed by atoms with van der Waals surface area (Å²) in [5.74, 6) is -0.735. The quantitative estimate of drug-likeness (QED) is 0.837. The highest BCUT2D eigenvalue weighted by molar-refractivity contribution is 9.10. The van der Waals surface area contributed by atoms with Gasteiger partial charge in [0.25, 0.3) is 0 Å². The second-order valence-electron chi connectivity index (χ2n) is 3.33. The molecule has 5 heteroatoms. The highest BCUT2D eigenvalue weighted by Gasteiger charge is 2.12. The molecule has 2 N–H and O–H groups in total. The van der Waals surface area contributed by atoms with Crippen molar-refractivity contribution < 1.29 is 14.3 Å². The molecule has 0 aliphatic carbocycles. The van der Waals surface area contributed by atoms with Crippen molar-refractivity contribution in [2.75, 3.05) is 5.32 Å². The molecule has 0 aliphatic rings. The number of carbonyl (C=O) groups excluding carboxylic acids is 1. The number of hydrogen-bond donors (Lipinski definition) is 2. The zero-order valence-corrected chi connectivity index (χ0v) is 10.4. The topological polar surface area (TPSA) is 49.3 Å². The van der Waals surface area contributed by atoms with Crippen molar-refractivity contribution in [3.05, 3.63) is 29.6 Å². The summed E-state index contributed by atoms with van der Waals surface area (Å²) < 4.78 is 13.3. The van der Waals surface area contributed by atoms with E-state index in [0.717, 1.165) is 0 Å². The van der Waals surface area contributed by atoms with E-state index in [1.54, 1.807) is 6.07 Å². The fourth-order valence-corrected chi connectivity index (χ4v) is 1.27. The van der Waals surface area contributed by atoms with Gasteiger partial charge in [-0.2, -0.15) is 0 Å². The molecule has 88 valence electrons. The lowest BCUT2D eigenvalue weighted by molar-refractivity contribution is -0.115. The number of rotatable bonds is 4. The molecule has 0 spiro atoms. The van der Waals surface area contributed by atoms with Crippen molar-refractivity contribution >= 4 is 27.5 Å². The lowest BCUT2D eigenvalue weighted by Gasteiger charge is -2.09. The number of alkyl halides is 1. The number of nitrogens with one attached hydrogen (secondary N) is 1. The van der Waals surface area contributed by atoms with Crippen LogP contribution in [-0.4, -0.2) is 15.8 Å². The number of aliphatic hydroxyl groups is 1. The number of benzene rings is 1. The summed E-state index contributed by atoms with van der Waals surface area (Å²) in [5, 5.41) is 11.4. The zero-order chi connectivity index (χ0) is 12.1. The van der Waals surface area contributed by atoms with Crippen LogP contribution in [0.2, 0.25) is 0 Å². The molecule has 1 aromatic rings. The molecule has 3 nitrogen and oxygen atoms in total. The predicted molar refractivity (Wildman–Crippen MR) is 64.0 cm³/mol. The fourth-order valence-electron chi connectivity index (χ4n) is 1.16. The summed E-state index contributed by atoms with van der Waals surface area (Å²) in [6.45, 7) is 1.52. The van der Waals surface area contributed by atoms with Crippen LogP contribution in [-0.2, 0) is 11.4 Å². The largest absolute Gasteiger partial charge is 0.392 e.